The van der Waals surface area contributed by atoms with Gasteiger partial charge in [0.15, 0.2) is 0 Å². The number of hydrogen-bond donors (Lipinski definition) is 1. The monoisotopic (exact) mass is 164 g/mol. The second-order valence-electron chi connectivity index (χ2n) is 3.29. The highest BCUT2D eigenvalue weighted by Crippen LogP contribution is 2.23. The number of anilines is 1. The number of aryl methyl sites for hydroxylation is 1. The molecule has 3 nitrogen and oxygen atoms in total. The lowest BCUT2D eigenvalue weighted by Crippen LogP contribution is -2.15. The van der Waals surface area contributed by atoms with E-state index in [9.17, 15) is 4.79 Å². The molecule has 12 heavy (non-hydrogen) atoms. The van der Waals surface area contributed by atoms with E-state index >= 15 is 0 Å². The molecular formula is C9H12N2O. The van der Waals surface area contributed by atoms with Gasteiger partial charge in [0, 0.05) is 25.4 Å². The molecule has 1 aliphatic carbocycles. The summed E-state index contributed by atoms with van der Waals surface area (Å²) in [6, 6.07) is 4.06. The van der Waals surface area contributed by atoms with Crippen molar-refractivity contribution in [3.8, 4) is 0 Å². The topological polar surface area (TPSA) is 34.0 Å². The SMILES string of the molecule is Cn1cc(NC2CC2)ccc1=O. The van der Waals surface area contributed by atoms with E-state index in [1.807, 2.05) is 12.3 Å². The predicted molar refractivity (Wildman–Crippen MR) is 48.3 cm³/mol. The fraction of sp³-hybridized carbons (Fsp3) is 0.444. The van der Waals surface area contributed by atoms with Gasteiger partial charge in [-0.05, 0) is 18.9 Å². The minimum Gasteiger partial charge on any atom is -0.381 e. The van der Waals surface area contributed by atoms with Crippen LogP contribution in [0.1, 0.15) is 12.8 Å². The summed E-state index contributed by atoms with van der Waals surface area (Å²) >= 11 is 0. The van der Waals surface area contributed by atoms with Gasteiger partial charge in [0.25, 0.3) is 0 Å². The van der Waals surface area contributed by atoms with Gasteiger partial charge in [0.05, 0.1) is 5.69 Å². The number of nitrogens with zero attached hydrogens (tertiary/aromatic N) is 1. The molecule has 0 unspecified atom stereocenters. The Hall–Kier alpha value is -1.25. The molecular weight excluding hydrogens is 152 g/mol. The van der Waals surface area contributed by atoms with Crippen LogP contribution >= 0.6 is 0 Å². The van der Waals surface area contributed by atoms with E-state index in [1.165, 1.54) is 12.8 Å². The zero-order valence-corrected chi connectivity index (χ0v) is 7.08. The van der Waals surface area contributed by atoms with Crippen molar-refractivity contribution in [2.45, 2.75) is 18.9 Å². The van der Waals surface area contributed by atoms with Gasteiger partial charge in [-0.1, -0.05) is 0 Å². The van der Waals surface area contributed by atoms with Crippen molar-refractivity contribution >= 4 is 5.69 Å². The zero-order chi connectivity index (χ0) is 8.55. The van der Waals surface area contributed by atoms with Crippen molar-refractivity contribution in [1.82, 2.24) is 4.57 Å². The zero-order valence-electron chi connectivity index (χ0n) is 7.08. The van der Waals surface area contributed by atoms with Crippen molar-refractivity contribution in [1.29, 1.82) is 0 Å². The smallest absolute Gasteiger partial charge is 0.250 e. The Morgan fingerprint density at radius 3 is 2.83 bits per heavy atom. The van der Waals surface area contributed by atoms with Crippen LogP contribution in [0.15, 0.2) is 23.1 Å². The highest BCUT2D eigenvalue weighted by atomic mass is 16.1. The van der Waals surface area contributed by atoms with E-state index in [4.69, 9.17) is 0 Å². The second kappa shape index (κ2) is 2.66. The van der Waals surface area contributed by atoms with E-state index in [0.717, 1.165) is 5.69 Å². The van der Waals surface area contributed by atoms with Crippen LogP contribution in [0.4, 0.5) is 5.69 Å². The Balaban J connectivity index is 2.21. The van der Waals surface area contributed by atoms with E-state index in [0.29, 0.717) is 6.04 Å². The molecule has 1 heterocycles. The highest BCUT2D eigenvalue weighted by Gasteiger charge is 2.20. The fourth-order valence-corrected chi connectivity index (χ4v) is 1.14. The lowest BCUT2D eigenvalue weighted by atomic mass is 10.4. The van der Waals surface area contributed by atoms with Crippen LogP contribution in [0.3, 0.4) is 0 Å². The van der Waals surface area contributed by atoms with Gasteiger partial charge in [0.2, 0.25) is 5.56 Å². The number of nitrogens with one attached hydrogen (secondary N) is 1. The van der Waals surface area contributed by atoms with E-state index < -0.39 is 0 Å². The maximum absolute atomic E-state index is 11.0. The highest BCUT2D eigenvalue weighted by molar-refractivity contribution is 5.42. The van der Waals surface area contributed by atoms with Crippen LogP contribution in [-0.4, -0.2) is 10.6 Å². The van der Waals surface area contributed by atoms with Crippen LogP contribution in [0.5, 0.6) is 0 Å². The van der Waals surface area contributed by atoms with Crippen LogP contribution < -0.4 is 10.9 Å². The quantitative estimate of drug-likeness (QED) is 0.706. The molecule has 1 N–H and O–H groups in total. The fourth-order valence-electron chi connectivity index (χ4n) is 1.14. The molecule has 1 aliphatic rings. The summed E-state index contributed by atoms with van der Waals surface area (Å²) in [4.78, 5) is 11.0. The molecule has 1 aromatic heterocycles. The first kappa shape index (κ1) is 7.40. The Morgan fingerprint density at radius 1 is 1.50 bits per heavy atom. The summed E-state index contributed by atoms with van der Waals surface area (Å²) in [5.41, 5.74) is 1.08. The third kappa shape index (κ3) is 1.49. The molecule has 0 atom stereocenters. The van der Waals surface area contributed by atoms with Crippen molar-refractivity contribution in [2.75, 3.05) is 5.32 Å². The Bertz CT molecular complexity index is 339. The van der Waals surface area contributed by atoms with Crippen molar-refractivity contribution < 1.29 is 0 Å². The molecule has 0 radical (unpaired) electrons. The number of aromatic nitrogens is 1. The minimum atomic E-state index is 0.0383. The minimum absolute atomic E-state index is 0.0383. The first-order valence-electron chi connectivity index (χ1n) is 4.19. The number of hydrogen-bond acceptors (Lipinski definition) is 2. The Kier molecular flexibility index (Phi) is 1.64. The third-order valence-corrected chi connectivity index (χ3v) is 2.03. The van der Waals surface area contributed by atoms with Crippen LogP contribution in [0.2, 0.25) is 0 Å². The lowest BCUT2D eigenvalue weighted by Gasteiger charge is -2.04. The average Bonchev–Trinajstić information content (AvgIpc) is 2.81. The van der Waals surface area contributed by atoms with E-state index in [1.54, 1.807) is 17.7 Å². The van der Waals surface area contributed by atoms with Gasteiger partial charge in [-0.2, -0.15) is 0 Å². The summed E-state index contributed by atoms with van der Waals surface area (Å²) in [7, 11) is 1.76. The van der Waals surface area contributed by atoms with Gasteiger partial charge >= 0.3 is 0 Å². The predicted octanol–water partition coefficient (Wildman–Crippen LogP) is 0.960. The molecule has 0 aliphatic heterocycles. The van der Waals surface area contributed by atoms with Gasteiger partial charge < -0.3 is 9.88 Å². The normalized spacial score (nSPS) is 16.1. The molecule has 2 rings (SSSR count). The standard InChI is InChI=1S/C9H12N2O/c1-11-6-8(4-5-9(11)12)10-7-2-3-7/h4-7,10H,2-3H2,1H3. The second-order valence-corrected chi connectivity index (χ2v) is 3.29. The Labute approximate surface area is 71.0 Å². The van der Waals surface area contributed by atoms with Gasteiger partial charge in [0.1, 0.15) is 0 Å². The largest absolute Gasteiger partial charge is 0.381 e. The molecule has 1 aromatic rings. The summed E-state index contributed by atoms with van der Waals surface area (Å²) in [5, 5.41) is 3.32. The molecule has 64 valence electrons. The number of pyridine rings is 1. The van der Waals surface area contributed by atoms with Crippen LogP contribution in [0.25, 0.3) is 0 Å². The lowest BCUT2D eigenvalue weighted by molar-refractivity contribution is 0.859. The molecule has 3 heteroatoms. The maximum atomic E-state index is 11.0. The van der Waals surface area contributed by atoms with Crippen molar-refractivity contribution in [2.24, 2.45) is 7.05 Å². The molecule has 1 fully saturated rings. The molecule has 0 spiro atoms. The molecule has 0 aromatic carbocycles. The summed E-state index contributed by atoms with van der Waals surface area (Å²) in [6.07, 6.45) is 4.34. The molecule has 1 saturated carbocycles. The first-order chi connectivity index (χ1) is 5.75. The average molecular weight is 164 g/mol. The molecule has 0 amide bonds. The molecule has 0 bridgehead atoms. The third-order valence-electron chi connectivity index (χ3n) is 2.03. The Morgan fingerprint density at radius 2 is 2.25 bits per heavy atom. The van der Waals surface area contributed by atoms with Crippen molar-refractivity contribution in [3.63, 3.8) is 0 Å². The van der Waals surface area contributed by atoms with Crippen LogP contribution in [-0.2, 0) is 7.05 Å². The molecule has 0 saturated heterocycles. The van der Waals surface area contributed by atoms with Crippen molar-refractivity contribution in [3.05, 3.63) is 28.7 Å². The van der Waals surface area contributed by atoms with Gasteiger partial charge in [-0.25, -0.2) is 0 Å². The first-order valence-corrected chi connectivity index (χ1v) is 4.19. The van der Waals surface area contributed by atoms with Gasteiger partial charge in [-0.15, -0.1) is 0 Å². The van der Waals surface area contributed by atoms with Gasteiger partial charge in [-0.3, -0.25) is 4.79 Å². The van der Waals surface area contributed by atoms with E-state index in [-0.39, 0.29) is 5.56 Å². The summed E-state index contributed by atoms with van der Waals surface area (Å²) in [6.45, 7) is 0. The summed E-state index contributed by atoms with van der Waals surface area (Å²) < 4.78 is 1.59. The van der Waals surface area contributed by atoms with Crippen LogP contribution in [0, 0.1) is 0 Å². The summed E-state index contributed by atoms with van der Waals surface area (Å²) in [5.74, 6) is 0. The van der Waals surface area contributed by atoms with E-state index in [2.05, 4.69) is 5.32 Å². The maximum Gasteiger partial charge on any atom is 0.250 e. The number of rotatable bonds is 2.